The summed E-state index contributed by atoms with van der Waals surface area (Å²) in [4.78, 5) is 6.44. The molecule has 1 atom stereocenters. The van der Waals surface area contributed by atoms with Gasteiger partial charge in [-0.05, 0) is 55.5 Å². The van der Waals surface area contributed by atoms with Gasteiger partial charge in [-0.25, -0.2) is 0 Å². The lowest BCUT2D eigenvalue weighted by Crippen LogP contribution is -2.22. The molecule has 0 N–H and O–H groups in total. The van der Waals surface area contributed by atoms with E-state index in [4.69, 9.17) is 0 Å². The number of hydrogen-bond acceptors (Lipinski definition) is 4. The van der Waals surface area contributed by atoms with Crippen LogP contribution in [0, 0.1) is 12.8 Å². The van der Waals surface area contributed by atoms with Crippen molar-refractivity contribution in [2.24, 2.45) is 16.1 Å². The Labute approximate surface area is 173 Å². The van der Waals surface area contributed by atoms with Gasteiger partial charge in [0, 0.05) is 48.2 Å². The highest BCUT2D eigenvalue weighted by Gasteiger charge is 2.37. The summed E-state index contributed by atoms with van der Waals surface area (Å²) in [6.07, 6.45) is -2.01. The third kappa shape index (κ3) is 4.30. The zero-order chi connectivity index (χ0) is 21.5. The molecule has 1 aromatic heterocycles. The van der Waals surface area contributed by atoms with Crippen molar-refractivity contribution in [3.63, 3.8) is 0 Å². The van der Waals surface area contributed by atoms with Crippen molar-refractivity contribution in [2.75, 3.05) is 11.4 Å². The molecule has 1 unspecified atom stereocenters. The van der Waals surface area contributed by atoms with Crippen LogP contribution in [-0.4, -0.2) is 29.1 Å². The molecule has 2 aromatic rings. The minimum absolute atomic E-state index is 0.346. The van der Waals surface area contributed by atoms with E-state index in [0.717, 1.165) is 51.6 Å². The number of anilines is 1. The molecule has 156 valence electrons. The lowest BCUT2D eigenvalue weighted by Gasteiger charge is -2.23. The molecule has 0 saturated carbocycles. The standard InChI is InChI=1S/C23H23F3N4/c1-14-8-18(19-4-6-20(27-12-19)21-9-15(2)28-29-21)5-7-22(14)30-13-17(10-16(30)3)11-23(24,25)26/h4-8,12,17H,3,9-11,13H2,1-2H3. The Morgan fingerprint density at radius 2 is 1.87 bits per heavy atom. The Hall–Kier alpha value is -2.96. The van der Waals surface area contributed by atoms with Gasteiger partial charge in [-0.1, -0.05) is 18.7 Å². The average molecular weight is 412 g/mol. The number of halogens is 3. The van der Waals surface area contributed by atoms with E-state index < -0.39 is 18.5 Å². The predicted octanol–water partition coefficient (Wildman–Crippen LogP) is 5.92. The monoisotopic (exact) mass is 412 g/mol. The molecule has 1 saturated heterocycles. The highest BCUT2D eigenvalue weighted by molar-refractivity contribution is 6.13. The Bertz CT molecular complexity index is 1040. The normalized spacial score (nSPS) is 19.3. The van der Waals surface area contributed by atoms with Gasteiger partial charge in [0.15, 0.2) is 0 Å². The van der Waals surface area contributed by atoms with Gasteiger partial charge >= 0.3 is 6.18 Å². The van der Waals surface area contributed by atoms with E-state index in [-0.39, 0.29) is 0 Å². The van der Waals surface area contributed by atoms with Gasteiger partial charge in [0.05, 0.1) is 11.4 Å². The van der Waals surface area contributed by atoms with E-state index in [1.165, 1.54) is 0 Å². The van der Waals surface area contributed by atoms with Crippen LogP contribution < -0.4 is 4.90 Å². The predicted molar refractivity (Wildman–Crippen MR) is 114 cm³/mol. The Morgan fingerprint density at radius 1 is 1.10 bits per heavy atom. The van der Waals surface area contributed by atoms with Crippen LogP contribution in [-0.2, 0) is 0 Å². The molecular weight excluding hydrogens is 389 g/mol. The number of pyridine rings is 1. The summed E-state index contributed by atoms with van der Waals surface area (Å²) in [6, 6.07) is 9.91. The zero-order valence-electron chi connectivity index (χ0n) is 17.0. The SMILES string of the molecule is C=C1CC(CC(F)(F)F)CN1c1ccc(-c2ccc(C3=NN=C(C)C3)nc2)cc1C. The maximum Gasteiger partial charge on any atom is 0.389 e. The smallest absolute Gasteiger partial charge is 0.345 e. The maximum absolute atomic E-state index is 12.8. The van der Waals surface area contributed by atoms with Gasteiger partial charge in [0.2, 0.25) is 0 Å². The first-order chi connectivity index (χ1) is 14.2. The summed E-state index contributed by atoms with van der Waals surface area (Å²) in [5.74, 6) is -0.445. The van der Waals surface area contributed by atoms with Crippen LogP contribution in [0.5, 0.6) is 0 Å². The number of hydrogen-bond donors (Lipinski definition) is 0. The summed E-state index contributed by atoms with van der Waals surface area (Å²) in [6.45, 7) is 8.25. The summed E-state index contributed by atoms with van der Waals surface area (Å²) >= 11 is 0. The van der Waals surface area contributed by atoms with Gasteiger partial charge in [-0.2, -0.15) is 23.4 Å². The third-order valence-corrected chi connectivity index (χ3v) is 5.51. The van der Waals surface area contributed by atoms with Crippen molar-refractivity contribution in [3.8, 4) is 11.1 Å². The fraction of sp³-hybridized carbons (Fsp3) is 0.348. The highest BCUT2D eigenvalue weighted by atomic mass is 19.4. The van der Waals surface area contributed by atoms with Crippen LogP contribution in [0.3, 0.4) is 0 Å². The summed E-state index contributed by atoms with van der Waals surface area (Å²) in [5, 5.41) is 8.21. The first kappa shape index (κ1) is 20.3. The van der Waals surface area contributed by atoms with Crippen molar-refractivity contribution in [2.45, 2.75) is 39.3 Å². The fourth-order valence-corrected chi connectivity index (χ4v) is 4.10. The molecule has 3 heterocycles. The largest absolute Gasteiger partial charge is 0.389 e. The lowest BCUT2D eigenvalue weighted by molar-refractivity contribution is -0.142. The Kier molecular flexibility index (Phi) is 5.22. The van der Waals surface area contributed by atoms with Gasteiger partial charge in [-0.3, -0.25) is 4.98 Å². The van der Waals surface area contributed by atoms with Gasteiger partial charge < -0.3 is 4.90 Å². The first-order valence-corrected chi connectivity index (χ1v) is 9.89. The van der Waals surface area contributed by atoms with Crippen LogP contribution >= 0.6 is 0 Å². The number of alkyl halides is 3. The van der Waals surface area contributed by atoms with Crippen molar-refractivity contribution >= 4 is 17.1 Å². The molecule has 4 nitrogen and oxygen atoms in total. The highest BCUT2D eigenvalue weighted by Crippen LogP contribution is 2.39. The molecule has 2 aliphatic heterocycles. The molecule has 30 heavy (non-hydrogen) atoms. The molecule has 0 spiro atoms. The van der Waals surface area contributed by atoms with E-state index in [2.05, 4.69) is 21.8 Å². The van der Waals surface area contributed by atoms with Crippen LogP contribution in [0.4, 0.5) is 18.9 Å². The van der Waals surface area contributed by atoms with Crippen LogP contribution in [0.1, 0.15) is 37.4 Å². The van der Waals surface area contributed by atoms with E-state index in [9.17, 15) is 13.2 Å². The topological polar surface area (TPSA) is 40.9 Å². The molecule has 2 aliphatic rings. The summed E-state index contributed by atoms with van der Waals surface area (Å²) in [5.41, 5.74) is 7.28. The molecule has 0 aliphatic carbocycles. The molecule has 0 amide bonds. The van der Waals surface area contributed by atoms with Crippen LogP contribution in [0.15, 0.2) is 59.0 Å². The number of rotatable bonds is 4. The fourth-order valence-electron chi connectivity index (χ4n) is 4.10. The van der Waals surface area contributed by atoms with Crippen molar-refractivity contribution in [1.82, 2.24) is 4.98 Å². The van der Waals surface area contributed by atoms with Crippen molar-refractivity contribution in [3.05, 3.63) is 60.1 Å². The second-order valence-corrected chi connectivity index (χ2v) is 8.06. The van der Waals surface area contributed by atoms with Gasteiger partial charge in [-0.15, -0.1) is 0 Å². The minimum atomic E-state index is -4.14. The number of aromatic nitrogens is 1. The van der Waals surface area contributed by atoms with Crippen molar-refractivity contribution < 1.29 is 13.2 Å². The molecule has 0 bridgehead atoms. The van der Waals surface area contributed by atoms with Crippen LogP contribution in [0.2, 0.25) is 0 Å². The number of aryl methyl sites for hydroxylation is 1. The van der Waals surface area contributed by atoms with E-state index in [0.29, 0.717) is 13.0 Å². The number of allylic oxidation sites excluding steroid dienone is 1. The number of benzene rings is 1. The van der Waals surface area contributed by atoms with Crippen LogP contribution in [0.25, 0.3) is 11.1 Å². The summed E-state index contributed by atoms with van der Waals surface area (Å²) in [7, 11) is 0. The number of nitrogens with zero attached hydrogens (tertiary/aromatic N) is 4. The Morgan fingerprint density at radius 3 is 2.47 bits per heavy atom. The first-order valence-electron chi connectivity index (χ1n) is 9.89. The van der Waals surface area contributed by atoms with E-state index in [1.54, 1.807) is 0 Å². The lowest BCUT2D eigenvalue weighted by atomic mass is 10.0. The molecule has 4 rings (SSSR count). The molecule has 7 heteroatoms. The molecule has 0 radical (unpaired) electrons. The molecular formula is C23H23F3N4. The minimum Gasteiger partial charge on any atom is -0.345 e. The third-order valence-electron chi connectivity index (χ3n) is 5.51. The zero-order valence-corrected chi connectivity index (χ0v) is 17.0. The quantitative estimate of drug-likeness (QED) is 0.626. The van der Waals surface area contributed by atoms with Gasteiger partial charge in [0.1, 0.15) is 0 Å². The van der Waals surface area contributed by atoms with E-state index >= 15 is 0 Å². The second-order valence-electron chi connectivity index (χ2n) is 8.06. The maximum atomic E-state index is 12.8. The van der Waals surface area contributed by atoms with E-state index in [1.807, 2.05) is 55.3 Å². The Balaban J connectivity index is 1.50. The second kappa shape index (κ2) is 7.70. The van der Waals surface area contributed by atoms with Crippen molar-refractivity contribution in [1.29, 1.82) is 0 Å². The molecule has 1 fully saturated rings. The molecule has 1 aromatic carbocycles. The summed E-state index contributed by atoms with van der Waals surface area (Å²) < 4.78 is 38.3. The average Bonchev–Trinajstić information content (AvgIpc) is 3.26. The van der Waals surface area contributed by atoms with Gasteiger partial charge in [0.25, 0.3) is 0 Å².